The summed E-state index contributed by atoms with van der Waals surface area (Å²) in [5, 5.41) is 5.81. The number of carbonyl (C=O) groups is 2. The van der Waals surface area contributed by atoms with Crippen LogP contribution < -0.4 is 5.32 Å². The van der Waals surface area contributed by atoms with Gasteiger partial charge in [0.1, 0.15) is 0 Å². The molecule has 1 aliphatic rings. The summed E-state index contributed by atoms with van der Waals surface area (Å²) in [6.45, 7) is 1.43. The second-order valence-electron chi connectivity index (χ2n) is 6.61. The van der Waals surface area contributed by atoms with E-state index >= 15 is 0 Å². The number of carbonyl (C=O) groups excluding carboxylic acids is 2. The molecule has 1 saturated heterocycles. The average molecular weight is 391 g/mol. The van der Waals surface area contributed by atoms with E-state index in [1.807, 2.05) is 46.7 Å². The summed E-state index contributed by atoms with van der Waals surface area (Å²) in [7, 11) is 0. The number of aryl methyl sites for hydroxylation is 1. The Labute approximate surface area is 163 Å². The Morgan fingerprint density at radius 3 is 2.54 bits per heavy atom. The molecule has 1 aromatic heterocycles. The number of nitrogens with one attached hydrogen (secondary N) is 1. The lowest BCUT2D eigenvalue weighted by molar-refractivity contribution is -0.131. The molecule has 1 fully saturated rings. The second kappa shape index (κ2) is 9.19. The number of nitrogens with zero attached hydrogens (tertiary/aromatic N) is 1. The zero-order chi connectivity index (χ0) is 18.4. The molecule has 2 heterocycles. The summed E-state index contributed by atoms with van der Waals surface area (Å²) in [5.41, 5.74) is 1.11. The third-order valence-corrected chi connectivity index (χ3v) is 5.80. The summed E-state index contributed by atoms with van der Waals surface area (Å²) in [4.78, 5) is 27.5. The van der Waals surface area contributed by atoms with Gasteiger partial charge in [-0.3, -0.25) is 9.59 Å². The van der Waals surface area contributed by atoms with Crippen molar-refractivity contribution in [3.63, 3.8) is 0 Å². The van der Waals surface area contributed by atoms with Crippen molar-refractivity contribution in [2.24, 2.45) is 0 Å². The van der Waals surface area contributed by atoms with E-state index in [9.17, 15) is 9.59 Å². The molecule has 1 aromatic carbocycles. The van der Waals surface area contributed by atoms with E-state index in [-0.39, 0.29) is 17.9 Å². The minimum atomic E-state index is 0.0725. The van der Waals surface area contributed by atoms with Crippen molar-refractivity contribution in [3.05, 3.63) is 57.2 Å². The number of halogens is 1. The lowest BCUT2D eigenvalue weighted by Crippen LogP contribution is -2.46. The SMILES string of the molecule is O=C(CCc1ccc(Cl)cc1)NC1CCN(C(=O)Cc2cccs2)CC1. The number of piperidine rings is 1. The second-order valence-corrected chi connectivity index (χ2v) is 8.07. The lowest BCUT2D eigenvalue weighted by Gasteiger charge is -2.32. The van der Waals surface area contributed by atoms with Gasteiger partial charge in [0.05, 0.1) is 6.42 Å². The van der Waals surface area contributed by atoms with E-state index in [4.69, 9.17) is 11.6 Å². The molecule has 0 aliphatic carbocycles. The smallest absolute Gasteiger partial charge is 0.227 e. The normalized spacial score (nSPS) is 15.0. The Balaban J connectivity index is 1.37. The molecule has 0 bridgehead atoms. The van der Waals surface area contributed by atoms with E-state index < -0.39 is 0 Å². The van der Waals surface area contributed by atoms with Crippen LogP contribution in [-0.2, 0) is 22.4 Å². The molecule has 0 saturated carbocycles. The molecule has 2 amide bonds. The van der Waals surface area contributed by atoms with Gasteiger partial charge in [0, 0.05) is 35.5 Å². The maximum Gasteiger partial charge on any atom is 0.227 e. The Morgan fingerprint density at radius 2 is 1.88 bits per heavy atom. The van der Waals surface area contributed by atoms with Gasteiger partial charge in [-0.2, -0.15) is 0 Å². The highest BCUT2D eigenvalue weighted by atomic mass is 35.5. The molecule has 0 spiro atoms. The number of thiophene rings is 1. The summed E-state index contributed by atoms with van der Waals surface area (Å²) >= 11 is 7.49. The van der Waals surface area contributed by atoms with E-state index in [2.05, 4.69) is 5.32 Å². The van der Waals surface area contributed by atoms with Crippen molar-refractivity contribution < 1.29 is 9.59 Å². The molecule has 2 aromatic rings. The lowest BCUT2D eigenvalue weighted by atomic mass is 10.0. The maximum absolute atomic E-state index is 12.3. The molecule has 0 unspecified atom stereocenters. The summed E-state index contributed by atoms with van der Waals surface area (Å²) < 4.78 is 0. The fraction of sp³-hybridized carbons (Fsp3) is 0.400. The Kier molecular flexibility index (Phi) is 6.69. The highest BCUT2D eigenvalue weighted by Gasteiger charge is 2.23. The molecule has 3 rings (SSSR count). The van der Waals surface area contributed by atoms with Gasteiger partial charge in [-0.05, 0) is 48.4 Å². The fourth-order valence-corrected chi connectivity index (χ4v) is 3.98. The first-order valence-corrected chi connectivity index (χ1v) is 10.2. The van der Waals surface area contributed by atoms with Gasteiger partial charge < -0.3 is 10.2 Å². The highest BCUT2D eigenvalue weighted by molar-refractivity contribution is 7.10. The van der Waals surface area contributed by atoms with Crippen molar-refractivity contribution >= 4 is 34.8 Å². The molecule has 6 heteroatoms. The molecule has 0 atom stereocenters. The first kappa shape index (κ1) is 18.9. The van der Waals surface area contributed by atoms with Gasteiger partial charge in [-0.25, -0.2) is 0 Å². The third kappa shape index (κ3) is 5.58. The van der Waals surface area contributed by atoms with Gasteiger partial charge >= 0.3 is 0 Å². The van der Waals surface area contributed by atoms with Crippen molar-refractivity contribution in [2.75, 3.05) is 13.1 Å². The highest BCUT2D eigenvalue weighted by Crippen LogP contribution is 2.15. The molecule has 1 N–H and O–H groups in total. The van der Waals surface area contributed by atoms with Crippen LogP contribution in [0.5, 0.6) is 0 Å². The molecule has 26 heavy (non-hydrogen) atoms. The van der Waals surface area contributed by atoms with Crippen LogP contribution in [0.1, 0.15) is 29.7 Å². The van der Waals surface area contributed by atoms with Crippen molar-refractivity contribution in [3.8, 4) is 0 Å². The number of hydrogen-bond acceptors (Lipinski definition) is 3. The van der Waals surface area contributed by atoms with Crippen LogP contribution in [0.3, 0.4) is 0 Å². The van der Waals surface area contributed by atoms with E-state index in [0.29, 0.717) is 37.4 Å². The number of amides is 2. The van der Waals surface area contributed by atoms with Crippen LogP contribution in [0, 0.1) is 0 Å². The molecule has 4 nitrogen and oxygen atoms in total. The van der Waals surface area contributed by atoms with E-state index in [0.717, 1.165) is 23.3 Å². The first-order chi connectivity index (χ1) is 12.6. The van der Waals surface area contributed by atoms with Crippen molar-refractivity contribution in [1.82, 2.24) is 10.2 Å². The Hall–Kier alpha value is -1.85. The number of rotatable bonds is 6. The number of hydrogen-bond donors (Lipinski definition) is 1. The van der Waals surface area contributed by atoms with E-state index in [1.54, 1.807) is 11.3 Å². The van der Waals surface area contributed by atoms with Crippen LogP contribution in [-0.4, -0.2) is 35.8 Å². The van der Waals surface area contributed by atoms with Crippen LogP contribution in [0.15, 0.2) is 41.8 Å². The molecule has 0 radical (unpaired) electrons. The molecule has 1 aliphatic heterocycles. The predicted molar refractivity (Wildman–Crippen MR) is 106 cm³/mol. The summed E-state index contributed by atoms with van der Waals surface area (Å²) in [6.07, 6.45) is 3.31. The van der Waals surface area contributed by atoms with Crippen LogP contribution >= 0.6 is 22.9 Å². The third-order valence-electron chi connectivity index (χ3n) is 4.67. The van der Waals surface area contributed by atoms with Crippen molar-refractivity contribution in [1.29, 1.82) is 0 Å². The van der Waals surface area contributed by atoms with E-state index in [1.165, 1.54) is 0 Å². The van der Waals surface area contributed by atoms with Gasteiger partial charge in [0.25, 0.3) is 0 Å². The minimum absolute atomic E-state index is 0.0725. The van der Waals surface area contributed by atoms with Crippen molar-refractivity contribution in [2.45, 2.75) is 38.1 Å². The molecular weight excluding hydrogens is 368 g/mol. The zero-order valence-electron chi connectivity index (χ0n) is 14.6. The van der Waals surface area contributed by atoms with Gasteiger partial charge in [-0.1, -0.05) is 29.8 Å². The topological polar surface area (TPSA) is 49.4 Å². The first-order valence-electron chi connectivity index (χ1n) is 8.94. The Bertz CT molecular complexity index is 723. The fourth-order valence-electron chi connectivity index (χ4n) is 3.16. The average Bonchev–Trinajstić information content (AvgIpc) is 3.15. The van der Waals surface area contributed by atoms with Crippen LogP contribution in [0.4, 0.5) is 0 Å². The standard InChI is InChI=1S/C20H23ClN2O2S/c21-16-6-3-15(4-7-16)5-8-19(24)22-17-9-11-23(12-10-17)20(25)14-18-2-1-13-26-18/h1-4,6-7,13,17H,5,8-12,14H2,(H,22,24). The maximum atomic E-state index is 12.3. The van der Waals surface area contributed by atoms with Gasteiger partial charge in [0.15, 0.2) is 0 Å². The predicted octanol–water partition coefficient (Wildman–Crippen LogP) is 3.68. The monoisotopic (exact) mass is 390 g/mol. The van der Waals surface area contributed by atoms with Gasteiger partial charge in [0.2, 0.25) is 11.8 Å². The van der Waals surface area contributed by atoms with Gasteiger partial charge in [-0.15, -0.1) is 11.3 Å². The largest absolute Gasteiger partial charge is 0.353 e. The van der Waals surface area contributed by atoms with Crippen LogP contribution in [0.25, 0.3) is 0 Å². The number of likely N-dealkylation sites (tertiary alicyclic amines) is 1. The summed E-state index contributed by atoms with van der Waals surface area (Å²) in [6, 6.07) is 11.7. The quantitative estimate of drug-likeness (QED) is 0.817. The summed E-state index contributed by atoms with van der Waals surface area (Å²) in [5.74, 6) is 0.253. The van der Waals surface area contributed by atoms with Crippen LogP contribution in [0.2, 0.25) is 5.02 Å². The Morgan fingerprint density at radius 1 is 1.15 bits per heavy atom. The number of benzene rings is 1. The minimum Gasteiger partial charge on any atom is -0.353 e. The molecular formula is C20H23ClN2O2S. The zero-order valence-corrected chi connectivity index (χ0v) is 16.2. The molecule has 138 valence electrons.